The van der Waals surface area contributed by atoms with E-state index < -0.39 is 0 Å². The third-order valence-corrected chi connectivity index (χ3v) is 11.6. The number of fused-ring (bicyclic) bond motifs is 6. The van der Waals surface area contributed by atoms with Crippen LogP contribution < -0.4 is 25.2 Å². The molecular formula is C56H49N3O2Pd. The number of ether oxygens (including phenoxy) is 2. The van der Waals surface area contributed by atoms with E-state index in [1.54, 1.807) is 14.2 Å². The van der Waals surface area contributed by atoms with E-state index in [9.17, 15) is 0 Å². The van der Waals surface area contributed by atoms with E-state index in [0.29, 0.717) is 11.5 Å². The summed E-state index contributed by atoms with van der Waals surface area (Å²) in [5.74, 6) is 1.24. The Hall–Kier alpha value is -6.32. The molecule has 0 amide bonds. The molecule has 0 aliphatic carbocycles. The average Bonchev–Trinajstić information content (AvgIpc) is 4.05. The smallest absolute Gasteiger partial charge is 0.657 e. The second kappa shape index (κ2) is 16.9. The first kappa shape index (κ1) is 42.4. The third-order valence-electron chi connectivity index (χ3n) is 11.6. The maximum atomic E-state index is 6.18. The molecule has 0 saturated heterocycles. The van der Waals surface area contributed by atoms with Crippen LogP contribution in [0.2, 0.25) is 0 Å². The topological polar surface area (TPSA) is 57.3 Å². The van der Waals surface area contributed by atoms with Gasteiger partial charge in [-0.1, -0.05) is 174 Å². The van der Waals surface area contributed by atoms with Gasteiger partial charge in [0.2, 0.25) is 0 Å². The zero-order chi connectivity index (χ0) is 42.5. The van der Waals surface area contributed by atoms with Crippen LogP contribution >= 0.6 is 0 Å². The van der Waals surface area contributed by atoms with Crippen LogP contribution in [0.5, 0.6) is 11.5 Å². The third kappa shape index (κ3) is 7.98. The van der Waals surface area contributed by atoms with Gasteiger partial charge in [0.05, 0.1) is 37.1 Å². The fourth-order valence-electron chi connectivity index (χ4n) is 8.30. The molecule has 3 aliphatic heterocycles. The van der Waals surface area contributed by atoms with Crippen molar-refractivity contribution in [1.82, 2.24) is 4.98 Å². The van der Waals surface area contributed by atoms with Crippen LogP contribution in [-0.2, 0) is 31.3 Å². The second-order valence-corrected chi connectivity index (χ2v) is 17.7. The molecule has 9 rings (SSSR count). The number of nitrogens with zero attached hydrogens (tertiary/aromatic N) is 3. The molecule has 310 valence electrons. The van der Waals surface area contributed by atoms with E-state index in [4.69, 9.17) is 24.4 Å². The molecule has 1 aromatic heterocycles. The Labute approximate surface area is 379 Å². The fraction of sp³-hybridized carbons (Fsp3) is 0.179. The molecule has 0 radical (unpaired) electrons. The number of methoxy groups -OCH3 is 2. The zero-order valence-corrected chi connectivity index (χ0v) is 38.0. The van der Waals surface area contributed by atoms with Crippen LogP contribution in [0.4, 0.5) is 0 Å². The minimum absolute atomic E-state index is 0. The Morgan fingerprint density at radius 3 is 1.18 bits per heavy atom. The molecule has 0 saturated carbocycles. The summed E-state index contributed by atoms with van der Waals surface area (Å²) >= 11 is 0. The van der Waals surface area contributed by atoms with E-state index in [1.165, 1.54) is 11.1 Å². The van der Waals surface area contributed by atoms with E-state index in [-0.39, 0.29) is 31.3 Å². The quantitative estimate of drug-likeness (QED) is 0.124. The van der Waals surface area contributed by atoms with Gasteiger partial charge in [-0.15, -0.1) is 16.8 Å². The van der Waals surface area contributed by atoms with Crippen molar-refractivity contribution >= 4 is 33.7 Å². The molecule has 0 spiro atoms. The molecule has 5 aromatic carbocycles. The maximum Gasteiger partial charge on any atom is 2.00 e. The largest absolute Gasteiger partial charge is 2.00 e. The van der Waals surface area contributed by atoms with Gasteiger partial charge in [-0.3, -0.25) is 9.98 Å². The van der Waals surface area contributed by atoms with Crippen LogP contribution in [0.3, 0.4) is 0 Å². The molecule has 0 atom stereocenters. The van der Waals surface area contributed by atoms with Gasteiger partial charge in [-0.2, -0.15) is 0 Å². The van der Waals surface area contributed by atoms with Crippen molar-refractivity contribution in [3.05, 3.63) is 224 Å². The number of hydrogen-bond donors (Lipinski definition) is 0. The van der Waals surface area contributed by atoms with Gasteiger partial charge >= 0.3 is 20.4 Å². The van der Waals surface area contributed by atoms with Crippen molar-refractivity contribution in [2.24, 2.45) is 9.98 Å². The molecule has 6 aromatic rings. The SMILES string of the molecule is COc1cc(OC)c2[c-]c1C(c1ccccc1)=C1C=CC(=N1)C(c1ccc(C(C)(C)C)cc1)=c1ccc([n-]1)=C(c1ccc(C(C)(C)C)cc1)C1=NC(=C2c2ccccc2)C=C1.[Pd+2]. The number of aromatic nitrogens is 1. The molecular weight excluding hydrogens is 853 g/mol. The maximum absolute atomic E-state index is 6.18. The van der Waals surface area contributed by atoms with Gasteiger partial charge in [0.25, 0.3) is 0 Å². The Bertz CT molecular complexity index is 2800. The van der Waals surface area contributed by atoms with Crippen molar-refractivity contribution in [3.63, 3.8) is 0 Å². The molecule has 8 bridgehead atoms. The van der Waals surface area contributed by atoms with Crippen molar-refractivity contribution in [2.75, 3.05) is 14.2 Å². The van der Waals surface area contributed by atoms with Crippen molar-refractivity contribution in [3.8, 4) is 11.5 Å². The van der Waals surface area contributed by atoms with Gasteiger partial charge in [-0.25, -0.2) is 0 Å². The Morgan fingerprint density at radius 2 is 0.823 bits per heavy atom. The van der Waals surface area contributed by atoms with E-state index >= 15 is 0 Å². The van der Waals surface area contributed by atoms with Crippen LogP contribution in [-0.4, -0.2) is 25.6 Å². The summed E-state index contributed by atoms with van der Waals surface area (Å²) in [7, 11) is 3.38. The summed E-state index contributed by atoms with van der Waals surface area (Å²) in [5.41, 5.74) is 15.0. The summed E-state index contributed by atoms with van der Waals surface area (Å²) in [6.45, 7) is 13.4. The standard InChI is InChI=1S/C56H49N3O2.Pd/c1-55(2,3)39-23-19-37(20-24-39)53-45-29-27-43(57-45)51(35-15-11-9-12-16-35)41-33-42(50(61-8)34-49(41)60-7)52(36-17-13-10-14-18-36)44-28-30-46(58-44)54(48-32-31-47(53)59-48)38-21-25-40(26-22-38)56(4,5)6;/h9-32,34H,1-8H3;/q-2;+2. The predicted octanol–water partition coefficient (Wildman–Crippen LogP) is 10.7. The van der Waals surface area contributed by atoms with Crippen LogP contribution in [0.15, 0.2) is 173 Å². The number of allylic oxidation sites excluding steroid dienone is 4. The minimum Gasteiger partial charge on any atom is -0.657 e. The van der Waals surface area contributed by atoms with E-state index in [1.807, 2.05) is 42.5 Å². The molecule has 4 heterocycles. The minimum atomic E-state index is 0. The van der Waals surface area contributed by atoms with Crippen molar-refractivity contribution in [2.45, 2.75) is 52.4 Å². The summed E-state index contributed by atoms with van der Waals surface area (Å²) in [4.78, 5) is 16.4. The Kier molecular flexibility index (Phi) is 11.5. The number of aliphatic imine (C=N–C) groups is 2. The molecule has 62 heavy (non-hydrogen) atoms. The second-order valence-electron chi connectivity index (χ2n) is 17.7. The first-order chi connectivity index (χ1) is 29.4. The fourth-order valence-corrected chi connectivity index (χ4v) is 8.30. The van der Waals surface area contributed by atoms with Gasteiger partial charge in [-0.05, 0) is 96.9 Å². The number of rotatable bonds is 6. The molecule has 3 aliphatic rings. The zero-order valence-electron chi connectivity index (χ0n) is 36.4. The monoisotopic (exact) mass is 901 g/mol. The average molecular weight is 902 g/mol. The Morgan fingerprint density at radius 1 is 0.452 bits per heavy atom. The van der Waals surface area contributed by atoms with Gasteiger partial charge < -0.3 is 14.5 Å². The number of hydrogen-bond acceptors (Lipinski definition) is 4. The molecule has 5 nitrogen and oxygen atoms in total. The van der Waals surface area contributed by atoms with Gasteiger partial charge in [0.15, 0.2) is 0 Å². The van der Waals surface area contributed by atoms with Crippen LogP contribution in [0.1, 0.15) is 86.1 Å². The van der Waals surface area contributed by atoms with Crippen molar-refractivity contribution in [1.29, 1.82) is 0 Å². The van der Waals surface area contributed by atoms with E-state index in [2.05, 4.69) is 157 Å². The van der Waals surface area contributed by atoms with Gasteiger partial charge in [0.1, 0.15) is 0 Å². The summed E-state index contributed by atoms with van der Waals surface area (Å²) in [6.07, 6.45) is 8.41. The normalized spacial score (nSPS) is 14.8. The number of benzene rings is 5. The van der Waals surface area contributed by atoms with Crippen molar-refractivity contribution < 1.29 is 29.9 Å². The summed E-state index contributed by atoms with van der Waals surface area (Å²) in [5, 5.41) is 1.67. The summed E-state index contributed by atoms with van der Waals surface area (Å²) < 4.78 is 12.4. The predicted molar refractivity (Wildman–Crippen MR) is 251 cm³/mol. The first-order valence-corrected chi connectivity index (χ1v) is 20.8. The summed E-state index contributed by atoms with van der Waals surface area (Å²) in [6, 6.07) is 48.4. The van der Waals surface area contributed by atoms with E-state index in [0.717, 1.165) is 89.2 Å². The van der Waals surface area contributed by atoms with Crippen LogP contribution in [0.25, 0.3) is 22.3 Å². The molecule has 0 unspecified atom stereocenters. The molecule has 0 N–H and O–H groups in total. The Balaban J connectivity index is 0.00000529. The molecule has 6 heteroatoms. The van der Waals surface area contributed by atoms with Crippen LogP contribution in [0, 0.1) is 6.07 Å². The first-order valence-electron chi connectivity index (χ1n) is 20.8. The molecule has 0 fully saturated rings. The van der Waals surface area contributed by atoms with Gasteiger partial charge in [0, 0.05) is 11.4 Å².